The lowest BCUT2D eigenvalue weighted by Gasteiger charge is -2.25. The van der Waals surface area contributed by atoms with E-state index < -0.39 is 16.0 Å². The third-order valence-corrected chi connectivity index (χ3v) is 4.86. The second kappa shape index (κ2) is 7.28. The summed E-state index contributed by atoms with van der Waals surface area (Å²) in [5.74, 6) is -0.966. The number of nitrogens with zero attached hydrogens (tertiary/aromatic N) is 1. The molecule has 0 radical (unpaired) electrons. The lowest BCUT2D eigenvalue weighted by Crippen LogP contribution is -2.35. The lowest BCUT2D eigenvalue weighted by molar-refractivity contribution is -0.136. The monoisotopic (exact) mass is 299 g/mol. The number of rotatable bonds is 8. The van der Waals surface area contributed by atoms with Crippen LogP contribution in [0.15, 0.2) is 24.3 Å². The second-order valence-corrected chi connectivity index (χ2v) is 6.68. The van der Waals surface area contributed by atoms with Gasteiger partial charge < -0.3 is 5.11 Å². The number of aryl methyl sites for hydroxylation is 1. The molecule has 0 atom stereocenters. The predicted molar refractivity (Wildman–Crippen MR) is 79.5 cm³/mol. The molecule has 0 aromatic heterocycles. The molecule has 1 N–H and O–H groups in total. The summed E-state index contributed by atoms with van der Waals surface area (Å²) in [6.45, 7) is 3.70. The maximum absolute atomic E-state index is 12.4. The summed E-state index contributed by atoms with van der Waals surface area (Å²) in [5.41, 5.74) is 1.38. The van der Waals surface area contributed by atoms with E-state index in [1.807, 2.05) is 26.0 Å². The van der Waals surface area contributed by atoms with Crippen molar-refractivity contribution < 1.29 is 18.3 Å². The Kier molecular flexibility index (Phi) is 6.01. The highest BCUT2D eigenvalue weighted by Gasteiger charge is 2.23. The third-order valence-electron chi connectivity index (χ3n) is 3.00. The molecule has 112 valence electrons. The molecule has 1 aromatic carbocycles. The van der Waals surface area contributed by atoms with Crippen LogP contribution in [-0.2, 0) is 14.8 Å². The van der Waals surface area contributed by atoms with Crippen LogP contribution in [0.1, 0.15) is 31.7 Å². The van der Waals surface area contributed by atoms with Crippen molar-refractivity contribution in [2.24, 2.45) is 0 Å². The molecule has 0 aliphatic rings. The van der Waals surface area contributed by atoms with E-state index >= 15 is 0 Å². The first-order valence-corrected chi connectivity index (χ1v) is 8.27. The van der Waals surface area contributed by atoms with Gasteiger partial charge in [0.1, 0.15) is 0 Å². The molecule has 0 unspecified atom stereocenters. The maximum atomic E-state index is 12.4. The van der Waals surface area contributed by atoms with Crippen LogP contribution in [-0.4, -0.2) is 31.8 Å². The summed E-state index contributed by atoms with van der Waals surface area (Å²) in [6, 6.07) is 7.11. The first-order valence-electron chi connectivity index (χ1n) is 6.66. The largest absolute Gasteiger partial charge is 0.481 e. The molecule has 20 heavy (non-hydrogen) atoms. The van der Waals surface area contributed by atoms with Crippen LogP contribution in [0, 0.1) is 6.92 Å². The van der Waals surface area contributed by atoms with Crippen molar-refractivity contribution in [3.8, 4) is 0 Å². The van der Waals surface area contributed by atoms with E-state index in [0.717, 1.165) is 12.0 Å². The second-order valence-electron chi connectivity index (χ2n) is 4.67. The van der Waals surface area contributed by atoms with E-state index in [1.165, 1.54) is 4.31 Å². The average Bonchev–Trinajstić information content (AvgIpc) is 2.38. The van der Waals surface area contributed by atoms with Crippen LogP contribution >= 0.6 is 0 Å². The Morgan fingerprint density at radius 3 is 2.50 bits per heavy atom. The van der Waals surface area contributed by atoms with Gasteiger partial charge in [-0.3, -0.25) is 9.10 Å². The normalized spacial score (nSPS) is 11.3. The highest BCUT2D eigenvalue weighted by atomic mass is 32.2. The topological polar surface area (TPSA) is 74.7 Å². The van der Waals surface area contributed by atoms with Gasteiger partial charge in [-0.05, 0) is 25.0 Å². The quantitative estimate of drug-likeness (QED) is 0.800. The van der Waals surface area contributed by atoms with Crippen molar-refractivity contribution >= 4 is 21.7 Å². The van der Waals surface area contributed by atoms with Crippen molar-refractivity contribution in [3.05, 3.63) is 29.8 Å². The minimum Gasteiger partial charge on any atom is -0.481 e. The van der Waals surface area contributed by atoms with E-state index in [2.05, 4.69) is 0 Å². The third kappa shape index (κ3) is 4.52. The van der Waals surface area contributed by atoms with Gasteiger partial charge in [0, 0.05) is 6.54 Å². The molecule has 0 amide bonds. The van der Waals surface area contributed by atoms with Gasteiger partial charge in [-0.15, -0.1) is 0 Å². The Labute approximate surface area is 120 Å². The van der Waals surface area contributed by atoms with Crippen LogP contribution in [0.2, 0.25) is 0 Å². The smallest absolute Gasteiger partial charge is 0.305 e. The zero-order valence-corrected chi connectivity index (χ0v) is 12.7. The van der Waals surface area contributed by atoms with Crippen LogP contribution in [0.3, 0.4) is 0 Å². The number of para-hydroxylation sites is 1. The van der Waals surface area contributed by atoms with Gasteiger partial charge in [0.15, 0.2) is 0 Å². The Hall–Kier alpha value is -1.56. The van der Waals surface area contributed by atoms with Crippen molar-refractivity contribution in [2.45, 2.75) is 33.1 Å². The zero-order chi connectivity index (χ0) is 15.2. The summed E-state index contributed by atoms with van der Waals surface area (Å²) in [4.78, 5) is 10.7. The van der Waals surface area contributed by atoms with Crippen molar-refractivity contribution in [2.75, 3.05) is 16.6 Å². The molecular formula is C14H21NO4S. The first-order chi connectivity index (χ1) is 9.38. The Morgan fingerprint density at radius 2 is 1.95 bits per heavy atom. The molecule has 0 saturated carbocycles. The standard InChI is InChI=1S/C14H21NO4S/c1-3-4-11-20(18,19)15(10-9-14(16)17)13-8-6-5-7-12(13)2/h5-8H,3-4,9-11H2,1-2H3,(H,16,17). The van der Waals surface area contributed by atoms with Gasteiger partial charge in [0.05, 0.1) is 17.9 Å². The molecule has 6 heteroatoms. The van der Waals surface area contributed by atoms with Crippen LogP contribution in [0.5, 0.6) is 0 Å². The molecule has 0 heterocycles. The number of aliphatic carboxylic acids is 1. The summed E-state index contributed by atoms with van der Waals surface area (Å²) in [7, 11) is -3.49. The van der Waals surface area contributed by atoms with Gasteiger partial charge in [-0.25, -0.2) is 8.42 Å². The van der Waals surface area contributed by atoms with Crippen LogP contribution < -0.4 is 4.31 Å². The van der Waals surface area contributed by atoms with Crippen LogP contribution in [0.25, 0.3) is 0 Å². The number of hydrogen-bond donors (Lipinski definition) is 1. The molecule has 0 bridgehead atoms. The van der Waals surface area contributed by atoms with E-state index in [0.29, 0.717) is 12.1 Å². The summed E-state index contributed by atoms with van der Waals surface area (Å²) in [6.07, 6.45) is 1.14. The van der Waals surface area contributed by atoms with E-state index in [4.69, 9.17) is 5.11 Å². The Morgan fingerprint density at radius 1 is 1.30 bits per heavy atom. The molecule has 0 aliphatic heterocycles. The van der Waals surface area contributed by atoms with Gasteiger partial charge in [0.25, 0.3) is 0 Å². The fourth-order valence-electron chi connectivity index (χ4n) is 1.89. The molecule has 0 aliphatic carbocycles. The molecule has 0 fully saturated rings. The Bertz CT molecular complexity index is 554. The number of benzene rings is 1. The van der Waals surface area contributed by atoms with E-state index in [1.54, 1.807) is 12.1 Å². The average molecular weight is 299 g/mol. The zero-order valence-electron chi connectivity index (χ0n) is 11.9. The number of hydrogen-bond acceptors (Lipinski definition) is 3. The number of carboxylic acid groups (broad SMARTS) is 1. The first kappa shape index (κ1) is 16.5. The van der Waals surface area contributed by atoms with E-state index in [9.17, 15) is 13.2 Å². The maximum Gasteiger partial charge on any atom is 0.305 e. The summed E-state index contributed by atoms with van der Waals surface area (Å²) in [5, 5.41) is 8.80. The number of anilines is 1. The van der Waals surface area contributed by atoms with Gasteiger partial charge >= 0.3 is 5.97 Å². The Balaban J connectivity index is 3.08. The van der Waals surface area contributed by atoms with Crippen LogP contribution in [0.4, 0.5) is 5.69 Å². The summed E-state index contributed by atoms with van der Waals surface area (Å²) < 4.78 is 26.0. The molecule has 0 saturated heterocycles. The fourth-order valence-corrected chi connectivity index (χ4v) is 3.63. The van der Waals surface area contributed by atoms with Gasteiger partial charge in [-0.1, -0.05) is 31.5 Å². The molecule has 0 spiro atoms. The molecule has 1 aromatic rings. The molecular weight excluding hydrogens is 278 g/mol. The van der Waals surface area contributed by atoms with Crippen molar-refractivity contribution in [1.82, 2.24) is 0 Å². The van der Waals surface area contributed by atoms with Crippen molar-refractivity contribution in [3.63, 3.8) is 0 Å². The number of carboxylic acids is 1. The molecule has 1 rings (SSSR count). The number of unbranched alkanes of at least 4 members (excludes halogenated alkanes) is 1. The SMILES string of the molecule is CCCCS(=O)(=O)N(CCC(=O)O)c1ccccc1C. The minimum atomic E-state index is -3.49. The van der Waals surface area contributed by atoms with Gasteiger partial charge in [-0.2, -0.15) is 0 Å². The van der Waals surface area contributed by atoms with Crippen molar-refractivity contribution in [1.29, 1.82) is 0 Å². The number of carbonyl (C=O) groups is 1. The summed E-state index contributed by atoms with van der Waals surface area (Å²) >= 11 is 0. The lowest BCUT2D eigenvalue weighted by atomic mass is 10.2. The van der Waals surface area contributed by atoms with E-state index in [-0.39, 0.29) is 18.7 Å². The minimum absolute atomic E-state index is 0.0355. The molecule has 5 nitrogen and oxygen atoms in total. The highest BCUT2D eigenvalue weighted by molar-refractivity contribution is 7.92. The fraction of sp³-hybridized carbons (Fsp3) is 0.500. The number of sulfonamides is 1. The van der Waals surface area contributed by atoms with Gasteiger partial charge in [0.2, 0.25) is 10.0 Å². The highest BCUT2D eigenvalue weighted by Crippen LogP contribution is 2.23. The predicted octanol–water partition coefficient (Wildman–Crippen LogP) is 2.41.